The zero-order valence-electron chi connectivity index (χ0n) is 16.5. The van der Waals surface area contributed by atoms with Gasteiger partial charge in [-0.05, 0) is 26.2 Å². The Bertz CT molecular complexity index is 916. The highest BCUT2D eigenvalue weighted by Crippen LogP contribution is 2.51. The van der Waals surface area contributed by atoms with E-state index in [0.717, 1.165) is 26.0 Å². The molecule has 0 bridgehead atoms. The maximum absolute atomic E-state index is 11.9. The summed E-state index contributed by atoms with van der Waals surface area (Å²) in [7, 11) is 0. The summed E-state index contributed by atoms with van der Waals surface area (Å²) in [5, 5.41) is 62.1. The van der Waals surface area contributed by atoms with Crippen LogP contribution in [0.5, 0.6) is 34.5 Å². The summed E-state index contributed by atoms with van der Waals surface area (Å²) in [6, 6.07) is 1.78. The van der Waals surface area contributed by atoms with Gasteiger partial charge in [0.15, 0.2) is 11.6 Å². The van der Waals surface area contributed by atoms with E-state index < -0.39 is 63.1 Å². The highest BCUT2D eigenvalue weighted by molar-refractivity contribution is 6.01. The van der Waals surface area contributed by atoms with Crippen LogP contribution in [0.15, 0.2) is 12.1 Å². The van der Waals surface area contributed by atoms with Gasteiger partial charge in [-0.2, -0.15) is 0 Å². The van der Waals surface area contributed by atoms with Gasteiger partial charge in [0.25, 0.3) is 0 Å². The van der Waals surface area contributed by atoms with E-state index in [-0.39, 0.29) is 23.5 Å². The van der Waals surface area contributed by atoms with Gasteiger partial charge in [-0.1, -0.05) is 13.8 Å². The van der Waals surface area contributed by atoms with Crippen LogP contribution < -0.4 is 0 Å². The van der Waals surface area contributed by atoms with Gasteiger partial charge in [0.05, 0.1) is 0 Å². The van der Waals surface area contributed by atoms with Crippen molar-refractivity contribution in [2.24, 2.45) is 5.92 Å². The Balaban J connectivity index is 2.93. The molecule has 2 aromatic carbocycles. The van der Waals surface area contributed by atoms with Crippen molar-refractivity contribution < 1.29 is 40.2 Å². The van der Waals surface area contributed by atoms with Gasteiger partial charge in [0, 0.05) is 29.2 Å². The van der Waals surface area contributed by atoms with Crippen LogP contribution in [0.4, 0.5) is 0 Å². The molecule has 0 aliphatic heterocycles. The Kier molecular flexibility index (Phi) is 5.96. The summed E-state index contributed by atoms with van der Waals surface area (Å²) < 4.78 is 0. The van der Waals surface area contributed by atoms with Crippen LogP contribution in [0.2, 0.25) is 0 Å². The van der Waals surface area contributed by atoms with Crippen molar-refractivity contribution in [3.63, 3.8) is 0 Å². The highest BCUT2D eigenvalue weighted by Gasteiger charge is 2.33. The monoisotopic (exact) mass is 404 g/mol. The van der Waals surface area contributed by atoms with E-state index in [1.165, 1.54) is 0 Å². The third-order valence-corrected chi connectivity index (χ3v) is 4.70. The number of hydrogen-bond donors (Lipinski definition) is 6. The van der Waals surface area contributed by atoms with Gasteiger partial charge in [-0.25, -0.2) is 0 Å². The fourth-order valence-corrected chi connectivity index (χ4v) is 3.55. The zero-order chi connectivity index (χ0) is 22.2. The molecule has 0 aromatic heterocycles. The molecule has 0 aliphatic carbocycles. The molecule has 0 saturated carbocycles. The first-order valence-electron chi connectivity index (χ1n) is 8.95. The zero-order valence-corrected chi connectivity index (χ0v) is 16.5. The predicted molar refractivity (Wildman–Crippen MR) is 104 cm³/mol. The molecule has 0 radical (unpaired) electrons. The Morgan fingerprint density at radius 1 is 0.724 bits per heavy atom. The quantitative estimate of drug-likeness (QED) is 0.400. The van der Waals surface area contributed by atoms with Crippen LogP contribution in [0.3, 0.4) is 0 Å². The lowest BCUT2D eigenvalue weighted by Crippen LogP contribution is -2.10. The van der Waals surface area contributed by atoms with E-state index in [4.69, 9.17) is 0 Å². The third-order valence-electron chi connectivity index (χ3n) is 4.70. The predicted octanol–water partition coefficient (Wildman–Crippen LogP) is 3.50. The fourth-order valence-electron chi connectivity index (χ4n) is 3.55. The number of ketones is 2. The molecule has 0 heterocycles. The average Bonchev–Trinajstić information content (AvgIpc) is 2.51. The van der Waals surface area contributed by atoms with Crippen LogP contribution >= 0.6 is 0 Å². The van der Waals surface area contributed by atoms with Crippen molar-refractivity contribution in [3.8, 4) is 34.5 Å². The topological polar surface area (TPSA) is 156 Å². The number of phenolic OH excluding ortho intramolecular Hbond substituents is 6. The number of carbonyl (C=O) groups excluding carboxylic acids is 2. The SMILES string of the molecule is CC(=O)c1c(O)cc(O)c(C(CC(C)C)c2c(O)cc(O)c(C(C)=O)c2O)c1O. The number of benzene rings is 2. The number of rotatable bonds is 6. The molecule has 0 fully saturated rings. The Morgan fingerprint density at radius 3 is 1.34 bits per heavy atom. The molecule has 2 rings (SSSR count). The largest absolute Gasteiger partial charge is 0.507 e. The van der Waals surface area contributed by atoms with Crippen molar-refractivity contribution in [2.75, 3.05) is 0 Å². The molecule has 8 heteroatoms. The van der Waals surface area contributed by atoms with Crippen LogP contribution in [-0.4, -0.2) is 42.2 Å². The number of aromatic hydroxyl groups is 6. The molecule has 156 valence electrons. The summed E-state index contributed by atoms with van der Waals surface area (Å²) in [5.41, 5.74) is -1.24. The van der Waals surface area contributed by atoms with Crippen molar-refractivity contribution in [1.82, 2.24) is 0 Å². The van der Waals surface area contributed by atoms with Gasteiger partial charge < -0.3 is 30.6 Å². The summed E-state index contributed by atoms with van der Waals surface area (Å²) in [6.07, 6.45) is 0.173. The molecule has 0 unspecified atom stereocenters. The second kappa shape index (κ2) is 7.90. The lowest BCUT2D eigenvalue weighted by molar-refractivity contribution is 0.0998. The minimum absolute atomic E-state index is 0.0817. The van der Waals surface area contributed by atoms with E-state index in [1.54, 1.807) is 0 Å². The van der Waals surface area contributed by atoms with Crippen molar-refractivity contribution in [3.05, 3.63) is 34.4 Å². The molecule has 29 heavy (non-hydrogen) atoms. The number of phenols is 6. The average molecular weight is 404 g/mol. The summed E-state index contributed by atoms with van der Waals surface area (Å²) in [6.45, 7) is 5.87. The molecule has 8 nitrogen and oxygen atoms in total. The second-order valence-electron chi connectivity index (χ2n) is 7.40. The normalized spacial score (nSPS) is 11.2. The van der Waals surface area contributed by atoms with Crippen molar-refractivity contribution in [1.29, 1.82) is 0 Å². The Labute approximate surface area is 167 Å². The first-order valence-corrected chi connectivity index (χ1v) is 8.95. The molecular formula is C21H24O8. The maximum atomic E-state index is 11.9. The Morgan fingerprint density at radius 2 is 1.07 bits per heavy atom. The first-order chi connectivity index (χ1) is 13.4. The standard InChI is InChI=1S/C21H24O8/c1-8(2)5-11(18-14(26)6-12(24)16(9(3)22)20(18)28)19-15(27)7-13(25)17(10(4)23)21(19)29/h6-8,11,24-29H,5H2,1-4H3. The second-order valence-corrected chi connectivity index (χ2v) is 7.40. The van der Waals surface area contributed by atoms with E-state index in [0.29, 0.717) is 0 Å². The minimum atomic E-state index is -1.06. The molecule has 0 aliphatic rings. The van der Waals surface area contributed by atoms with E-state index in [2.05, 4.69) is 0 Å². The van der Waals surface area contributed by atoms with E-state index in [1.807, 2.05) is 13.8 Å². The van der Waals surface area contributed by atoms with Crippen LogP contribution in [0.25, 0.3) is 0 Å². The lowest BCUT2D eigenvalue weighted by Gasteiger charge is -2.25. The first kappa shape index (κ1) is 21.9. The van der Waals surface area contributed by atoms with E-state index in [9.17, 15) is 40.2 Å². The summed E-state index contributed by atoms with van der Waals surface area (Å²) in [5.74, 6) is -6.23. The van der Waals surface area contributed by atoms with Gasteiger partial charge in [-0.15, -0.1) is 0 Å². The maximum Gasteiger partial charge on any atom is 0.167 e. The van der Waals surface area contributed by atoms with Crippen LogP contribution in [0.1, 0.15) is 71.9 Å². The molecule has 6 N–H and O–H groups in total. The van der Waals surface area contributed by atoms with Gasteiger partial charge in [-0.3, -0.25) is 9.59 Å². The third kappa shape index (κ3) is 3.91. The summed E-state index contributed by atoms with van der Waals surface area (Å²) >= 11 is 0. The fraction of sp³-hybridized carbons (Fsp3) is 0.333. The van der Waals surface area contributed by atoms with Gasteiger partial charge in [0.2, 0.25) is 0 Å². The highest BCUT2D eigenvalue weighted by atomic mass is 16.3. The number of Topliss-reactive ketones (excluding diaryl/α,β-unsaturated/α-hetero) is 2. The van der Waals surface area contributed by atoms with E-state index >= 15 is 0 Å². The number of hydrogen-bond acceptors (Lipinski definition) is 8. The smallest absolute Gasteiger partial charge is 0.167 e. The Hall–Kier alpha value is -3.42. The van der Waals surface area contributed by atoms with Gasteiger partial charge >= 0.3 is 0 Å². The molecule has 0 saturated heterocycles. The summed E-state index contributed by atoms with van der Waals surface area (Å²) in [4.78, 5) is 23.8. The number of carbonyl (C=O) groups is 2. The molecular weight excluding hydrogens is 380 g/mol. The lowest BCUT2D eigenvalue weighted by atomic mass is 9.80. The van der Waals surface area contributed by atoms with Crippen molar-refractivity contribution >= 4 is 11.6 Å². The van der Waals surface area contributed by atoms with Crippen molar-refractivity contribution in [2.45, 2.75) is 40.0 Å². The van der Waals surface area contributed by atoms with Gasteiger partial charge in [0.1, 0.15) is 45.6 Å². The molecule has 0 spiro atoms. The van der Waals surface area contributed by atoms with Crippen LogP contribution in [-0.2, 0) is 0 Å². The molecule has 2 aromatic rings. The molecule has 0 atom stereocenters. The molecule has 0 amide bonds. The minimum Gasteiger partial charge on any atom is -0.507 e. The van der Waals surface area contributed by atoms with Crippen LogP contribution in [0, 0.1) is 5.92 Å².